The highest BCUT2D eigenvalue weighted by molar-refractivity contribution is 6.35. The number of carbonyl (C=O) groups is 1. The summed E-state index contributed by atoms with van der Waals surface area (Å²) in [6.45, 7) is -0.213. The second-order valence-corrected chi connectivity index (χ2v) is 5.62. The number of methoxy groups -OCH3 is 1. The van der Waals surface area contributed by atoms with Crippen molar-refractivity contribution in [2.24, 2.45) is 5.10 Å². The molecule has 0 saturated heterocycles. The number of amides is 1. The van der Waals surface area contributed by atoms with Crippen LogP contribution < -0.4 is 14.9 Å². The molecule has 0 aromatic heterocycles. The molecule has 7 heteroatoms. The first-order chi connectivity index (χ1) is 12.1. The molecule has 0 radical (unpaired) electrons. The second-order valence-electron chi connectivity index (χ2n) is 4.78. The number of nitrogens with zero attached hydrogens (tertiary/aromatic N) is 1. The maximum absolute atomic E-state index is 11.7. The number of ether oxygens (including phenoxy) is 2. The third-order valence-electron chi connectivity index (χ3n) is 3.02. The molecular weight excluding hydrogens is 363 g/mol. The number of rotatable bonds is 7. The van der Waals surface area contributed by atoms with Crippen molar-refractivity contribution >= 4 is 41.4 Å². The number of hydrazone groups is 1. The Morgan fingerprint density at radius 1 is 1.20 bits per heavy atom. The fraction of sp³-hybridized carbons (Fsp3) is 0.111. The molecule has 2 aromatic rings. The molecule has 5 nitrogen and oxygen atoms in total. The first-order valence-electron chi connectivity index (χ1n) is 7.29. The molecule has 2 rings (SSSR count). The average Bonchev–Trinajstić information content (AvgIpc) is 2.61. The molecule has 0 unspecified atom stereocenters. The molecule has 130 valence electrons. The van der Waals surface area contributed by atoms with Gasteiger partial charge in [-0.2, -0.15) is 5.10 Å². The maximum Gasteiger partial charge on any atom is 0.277 e. The first-order valence-corrected chi connectivity index (χ1v) is 8.05. The van der Waals surface area contributed by atoms with Gasteiger partial charge in [0.15, 0.2) is 6.61 Å². The Morgan fingerprint density at radius 3 is 2.76 bits per heavy atom. The van der Waals surface area contributed by atoms with E-state index in [0.29, 0.717) is 15.8 Å². The molecule has 0 aliphatic carbocycles. The zero-order valence-electron chi connectivity index (χ0n) is 13.4. The first kappa shape index (κ1) is 18.8. The van der Waals surface area contributed by atoms with Gasteiger partial charge in [-0.25, -0.2) is 5.43 Å². The molecular formula is C18H16Cl2N2O3. The highest BCUT2D eigenvalue weighted by Gasteiger charge is 2.05. The predicted octanol–water partition coefficient (Wildman–Crippen LogP) is 4.20. The largest absolute Gasteiger partial charge is 0.496 e. The minimum absolute atomic E-state index is 0.213. The van der Waals surface area contributed by atoms with Crippen molar-refractivity contribution < 1.29 is 14.3 Å². The third-order valence-corrected chi connectivity index (χ3v) is 3.55. The van der Waals surface area contributed by atoms with Gasteiger partial charge in [0.2, 0.25) is 0 Å². The fourth-order valence-corrected chi connectivity index (χ4v) is 2.33. The number of hydrogen-bond acceptors (Lipinski definition) is 4. The van der Waals surface area contributed by atoms with E-state index in [1.807, 2.05) is 30.3 Å². The fourth-order valence-electron chi connectivity index (χ4n) is 1.87. The van der Waals surface area contributed by atoms with Crippen LogP contribution in [0.15, 0.2) is 53.6 Å². The standard InChI is InChI=1S/C18H16Cl2N2O3/c1-24-16-7-3-2-5-13(16)6-4-10-21-22-18(23)12-25-17-9-8-14(19)11-15(17)20/h2-11H,12H2,1H3,(H,22,23)/b6-4+,21-10-. The van der Waals surface area contributed by atoms with Crippen LogP contribution in [0.2, 0.25) is 10.0 Å². The quantitative estimate of drug-likeness (QED) is 0.580. The van der Waals surface area contributed by atoms with E-state index in [1.165, 1.54) is 12.3 Å². The summed E-state index contributed by atoms with van der Waals surface area (Å²) in [7, 11) is 1.61. The monoisotopic (exact) mass is 378 g/mol. The van der Waals surface area contributed by atoms with E-state index in [0.717, 1.165) is 11.3 Å². The van der Waals surface area contributed by atoms with Gasteiger partial charge in [-0.3, -0.25) is 4.79 Å². The van der Waals surface area contributed by atoms with Crippen LogP contribution in [0.1, 0.15) is 5.56 Å². The minimum atomic E-state index is -0.409. The van der Waals surface area contributed by atoms with Gasteiger partial charge in [-0.05, 0) is 36.4 Å². The normalized spacial score (nSPS) is 11.0. The van der Waals surface area contributed by atoms with Crippen molar-refractivity contribution in [2.75, 3.05) is 13.7 Å². The van der Waals surface area contributed by atoms with Crippen molar-refractivity contribution in [3.8, 4) is 11.5 Å². The van der Waals surface area contributed by atoms with Crippen LogP contribution >= 0.6 is 23.2 Å². The van der Waals surface area contributed by atoms with Crippen LogP contribution in [0.5, 0.6) is 11.5 Å². The molecule has 25 heavy (non-hydrogen) atoms. The molecule has 1 N–H and O–H groups in total. The van der Waals surface area contributed by atoms with Crippen molar-refractivity contribution in [1.29, 1.82) is 0 Å². The summed E-state index contributed by atoms with van der Waals surface area (Å²) in [5.74, 6) is 0.721. The Labute approximate surface area is 155 Å². The SMILES string of the molecule is COc1ccccc1/C=C/C=N\NC(=O)COc1ccc(Cl)cc1Cl. The molecule has 0 fully saturated rings. The maximum atomic E-state index is 11.7. The van der Waals surface area contributed by atoms with Gasteiger partial charge in [-0.15, -0.1) is 0 Å². The Balaban J connectivity index is 1.79. The number of halogens is 2. The Bertz CT molecular complexity index is 792. The number of nitrogens with one attached hydrogen (secondary N) is 1. The summed E-state index contributed by atoms with van der Waals surface area (Å²) in [6.07, 6.45) is 4.97. The minimum Gasteiger partial charge on any atom is -0.496 e. The summed E-state index contributed by atoms with van der Waals surface area (Å²) in [5, 5.41) is 4.63. The van der Waals surface area contributed by atoms with E-state index < -0.39 is 5.91 Å². The Kier molecular flexibility index (Phi) is 7.32. The summed E-state index contributed by atoms with van der Waals surface area (Å²) < 4.78 is 10.5. The predicted molar refractivity (Wildman–Crippen MR) is 101 cm³/mol. The van der Waals surface area contributed by atoms with Crippen LogP contribution in [0, 0.1) is 0 Å². The van der Waals surface area contributed by atoms with Crippen molar-refractivity contribution in [3.05, 3.63) is 64.1 Å². The van der Waals surface area contributed by atoms with E-state index in [1.54, 1.807) is 25.3 Å². The van der Waals surface area contributed by atoms with Gasteiger partial charge in [0.1, 0.15) is 11.5 Å². The molecule has 1 amide bonds. The Morgan fingerprint density at radius 2 is 2.00 bits per heavy atom. The molecule has 2 aromatic carbocycles. The van der Waals surface area contributed by atoms with E-state index in [9.17, 15) is 4.79 Å². The van der Waals surface area contributed by atoms with Crippen LogP contribution in [-0.2, 0) is 4.79 Å². The van der Waals surface area contributed by atoms with Crippen LogP contribution in [0.25, 0.3) is 6.08 Å². The van der Waals surface area contributed by atoms with Gasteiger partial charge in [0.25, 0.3) is 5.91 Å². The lowest BCUT2D eigenvalue weighted by molar-refractivity contribution is -0.123. The summed E-state index contributed by atoms with van der Waals surface area (Å²) in [6, 6.07) is 12.3. The Hall–Kier alpha value is -2.50. The third kappa shape index (κ3) is 6.14. The number of benzene rings is 2. The van der Waals surface area contributed by atoms with Crippen molar-refractivity contribution in [2.45, 2.75) is 0 Å². The van der Waals surface area contributed by atoms with Crippen molar-refractivity contribution in [1.82, 2.24) is 5.43 Å². The van der Waals surface area contributed by atoms with Gasteiger partial charge in [0, 0.05) is 16.8 Å². The molecule has 0 bridgehead atoms. The lowest BCUT2D eigenvalue weighted by Gasteiger charge is -2.06. The number of para-hydroxylation sites is 1. The summed E-state index contributed by atoms with van der Waals surface area (Å²) in [4.78, 5) is 11.7. The van der Waals surface area contributed by atoms with E-state index in [2.05, 4.69) is 10.5 Å². The summed E-state index contributed by atoms with van der Waals surface area (Å²) in [5.41, 5.74) is 3.26. The van der Waals surface area contributed by atoms with E-state index in [-0.39, 0.29) is 6.61 Å². The van der Waals surface area contributed by atoms with Gasteiger partial charge in [0.05, 0.1) is 12.1 Å². The molecule has 0 saturated carbocycles. The number of carbonyl (C=O) groups excluding carboxylic acids is 1. The smallest absolute Gasteiger partial charge is 0.277 e. The average molecular weight is 379 g/mol. The van der Waals surface area contributed by atoms with Gasteiger partial charge in [-0.1, -0.05) is 41.4 Å². The molecule has 0 spiro atoms. The molecule has 0 aliphatic heterocycles. The van der Waals surface area contributed by atoms with Crippen LogP contribution in [0.4, 0.5) is 0 Å². The lowest BCUT2D eigenvalue weighted by Crippen LogP contribution is -2.24. The molecule has 0 aliphatic rings. The second kappa shape index (κ2) is 9.71. The lowest BCUT2D eigenvalue weighted by atomic mass is 10.2. The zero-order chi connectivity index (χ0) is 18.1. The molecule has 0 heterocycles. The summed E-state index contributed by atoms with van der Waals surface area (Å²) >= 11 is 11.7. The highest BCUT2D eigenvalue weighted by atomic mass is 35.5. The van der Waals surface area contributed by atoms with Crippen LogP contribution in [-0.4, -0.2) is 25.8 Å². The van der Waals surface area contributed by atoms with Crippen molar-refractivity contribution in [3.63, 3.8) is 0 Å². The highest BCUT2D eigenvalue weighted by Crippen LogP contribution is 2.27. The van der Waals surface area contributed by atoms with E-state index in [4.69, 9.17) is 32.7 Å². The topological polar surface area (TPSA) is 59.9 Å². The molecule has 0 atom stereocenters. The van der Waals surface area contributed by atoms with E-state index >= 15 is 0 Å². The van der Waals surface area contributed by atoms with Gasteiger partial charge < -0.3 is 9.47 Å². The van der Waals surface area contributed by atoms with Gasteiger partial charge >= 0.3 is 0 Å². The number of hydrogen-bond donors (Lipinski definition) is 1. The number of allylic oxidation sites excluding steroid dienone is 1. The zero-order valence-corrected chi connectivity index (χ0v) is 14.9. The van der Waals surface area contributed by atoms with Crippen LogP contribution in [0.3, 0.4) is 0 Å².